The van der Waals surface area contributed by atoms with Crippen LogP contribution in [-0.2, 0) is 5.54 Å². The van der Waals surface area contributed by atoms with Crippen LogP contribution in [0.2, 0.25) is 0 Å². The number of hydrogen-bond donors (Lipinski definition) is 1. The lowest BCUT2D eigenvalue weighted by atomic mass is 9.69. The van der Waals surface area contributed by atoms with Gasteiger partial charge in [-0.05, 0) is 51.4 Å². The first-order valence-corrected chi connectivity index (χ1v) is 12.1. The number of anilines is 1. The molecule has 2 amide bonds. The Hall–Kier alpha value is -3.78. The van der Waals surface area contributed by atoms with Crippen LogP contribution in [-0.4, -0.2) is 56.9 Å². The van der Waals surface area contributed by atoms with Crippen LogP contribution in [0.5, 0.6) is 0 Å². The lowest BCUT2D eigenvalue weighted by Crippen LogP contribution is -2.54. The number of benzene rings is 2. The van der Waals surface area contributed by atoms with Gasteiger partial charge in [-0.25, -0.2) is 14.8 Å². The summed E-state index contributed by atoms with van der Waals surface area (Å²) in [5.74, 6) is 0.487. The number of nitrogens with one attached hydrogen (secondary N) is 1. The third-order valence-corrected chi connectivity index (χ3v) is 7.88. The van der Waals surface area contributed by atoms with Crippen molar-refractivity contribution < 1.29 is 4.79 Å². The van der Waals surface area contributed by atoms with E-state index in [0.717, 1.165) is 36.6 Å². The quantitative estimate of drug-likeness (QED) is 0.489. The van der Waals surface area contributed by atoms with Crippen LogP contribution in [0.15, 0.2) is 73.2 Å². The Balaban J connectivity index is 1.21. The summed E-state index contributed by atoms with van der Waals surface area (Å²) in [6, 6.07) is 18.6. The topological polar surface area (TPSA) is 79.2 Å². The van der Waals surface area contributed by atoms with Gasteiger partial charge in [0.25, 0.3) is 5.95 Å². The van der Waals surface area contributed by atoms with E-state index in [9.17, 15) is 4.79 Å². The molecule has 2 aromatic heterocycles. The number of urea groups is 1. The SMILES string of the molecule is CN(C)[C@]1(c2ccccc2)CC[C@@]2(CC1)CN(c1cnc(-n3ncc4ccccc43)nc1)C(=O)N2. The molecule has 178 valence electrons. The van der Waals surface area contributed by atoms with Crippen LogP contribution in [0.3, 0.4) is 0 Å². The smallest absolute Gasteiger partial charge is 0.322 e. The van der Waals surface area contributed by atoms with Crippen molar-refractivity contribution in [2.75, 3.05) is 25.5 Å². The van der Waals surface area contributed by atoms with E-state index in [1.165, 1.54) is 5.56 Å². The molecule has 1 spiro atoms. The molecule has 2 fully saturated rings. The highest BCUT2D eigenvalue weighted by molar-refractivity contribution is 5.95. The van der Waals surface area contributed by atoms with Gasteiger partial charge in [0.2, 0.25) is 0 Å². The molecule has 4 aromatic rings. The summed E-state index contributed by atoms with van der Waals surface area (Å²) in [4.78, 5) is 26.2. The van der Waals surface area contributed by atoms with Crippen LogP contribution in [0, 0.1) is 0 Å². The number of carbonyl (C=O) groups is 1. The first kappa shape index (κ1) is 21.7. The zero-order valence-electron chi connectivity index (χ0n) is 20.1. The largest absolute Gasteiger partial charge is 0.330 e. The summed E-state index contributed by atoms with van der Waals surface area (Å²) in [5.41, 5.74) is 2.75. The summed E-state index contributed by atoms with van der Waals surface area (Å²) >= 11 is 0. The molecule has 8 nitrogen and oxygen atoms in total. The van der Waals surface area contributed by atoms with Gasteiger partial charge < -0.3 is 5.32 Å². The average molecular weight is 468 g/mol. The Kier molecular flexibility index (Phi) is 5.07. The molecule has 6 rings (SSSR count). The number of aromatic nitrogens is 4. The molecule has 1 N–H and O–H groups in total. The van der Waals surface area contributed by atoms with Crippen molar-refractivity contribution >= 4 is 22.6 Å². The number of fused-ring (bicyclic) bond motifs is 1. The Morgan fingerprint density at radius 1 is 0.886 bits per heavy atom. The fourth-order valence-electron chi connectivity index (χ4n) is 5.78. The molecule has 1 saturated carbocycles. The number of nitrogens with zero attached hydrogens (tertiary/aromatic N) is 6. The maximum Gasteiger partial charge on any atom is 0.322 e. The van der Waals surface area contributed by atoms with E-state index in [-0.39, 0.29) is 17.1 Å². The van der Waals surface area contributed by atoms with Crippen molar-refractivity contribution in [2.24, 2.45) is 0 Å². The van der Waals surface area contributed by atoms with Crippen LogP contribution >= 0.6 is 0 Å². The van der Waals surface area contributed by atoms with Gasteiger partial charge in [0.15, 0.2) is 0 Å². The Labute approximate surface area is 204 Å². The highest BCUT2D eigenvalue weighted by Gasteiger charge is 2.50. The number of hydrogen-bond acceptors (Lipinski definition) is 5. The predicted molar refractivity (Wildman–Crippen MR) is 136 cm³/mol. The average Bonchev–Trinajstić information content (AvgIpc) is 3.46. The van der Waals surface area contributed by atoms with Gasteiger partial charge in [-0.15, -0.1) is 0 Å². The number of para-hydroxylation sites is 1. The molecule has 8 heteroatoms. The second-order valence-electron chi connectivity index (χ2n) is 9.95. The third-order valence-electron chi connectivity index (χ3n) is 7.88. The minimum Gasteiger partial charge on any atom is -0.330 e. The van der Waals surface area contributed by atoms with Gasteiger partial charge in [0, 0.05) is 10.9 Å². The van der Waals surface area contributed by atoms with E-state index in [2.05, 4.69) is 69.7 Å². The van der Waals surface area contributed by atoms with Crippen LogP contribution in [0.1, 0.15) is 31.2 Å². The zero-order chi connectivity index (χ0) is 24.0. The molecular formula is C27H29N7O. The van der Waals surface area contributed by atoms with E-state index in [4.69, 9.17) is 0 Å². The lowest BCUT2D eigenvalue weighted by molar-refractivity contribution is 0.0658. The Morgan fingerprint density at radius 3 is 2.29 bits per heavy atom. The molecule has 3 heterocycles. The molecule has 0 bridgehead atoms. The zero-order valence-corrected chi connectivity index (χ0v) is 20.1. The van der Waals surface area contributed by atoms with Crippen molar-refractivity contribution in [3.63, 3.8) is 0 Å². The third kappa shape index (κ3) is 3.56. The summed E-state index contributed by atoms with van der Waals surface area (Å²) in [6.07, 6.45) is 9.04. The molecular weight excluding hydrogens is 438 g/mol. The molecule has 35 heavy (non-hydrogen) atoms. The van der Waals surface area contributed by atoms with Gasteiger partial charge >= 0.3 is 6.03 Å². The first-order valence-electron chi connectivity index (χ1n) is 12.1. The fraction of sp³-hybridized carbons (Fsp3) is 0.333. The van der Waals surface area contributed by atoms with E-state index >= 15 is 0 Å². The van der Waals surface area contributed by atoms with Gasteiger partial charge in [-0.1, -0.05) is 48.5 Å². The number of rotatable bonds is 4. The van der Waals surface area contributed by atoms with Crippen LogP contribution in [0.4, 0.5) is 10.5 Å². The van der Waals surface area contributed by atoms with E-state index < -0.39 is 0 Å². The fourth-order valence-corrected chi connectivity index (χ4v) is 5.78. The maximum atomic E-state index is 13.0. The van der Waals surface area contributed by atoms with Gasteiger partial charge in [-0.3, -0.25) is 9.80 Å². The first-order chi connectivity index (χ1) is 17.0. The molecule has 2 aliphatic rings. The second-order valence-corrected chi connectivity index (χ2v) is 9.95. The number of carbonyl (C=O) groups excluding carboxylic acids is 1. The predicted octanol–water partition coefficient (Wildman–Crippen LogP) is 4.12. The molecule has 1 aliphatic carbocycles. The van der Waals surface area contributed by atoms with E-state index in [0.29, 0.717) is 18.2 Å². The molecule has 2 aromatic carbocycles. The Bertz CT molecular complexity index is 1360. The second kappa shape index (κ2) is 8.16. The summed E-state index contributed by atoms with van der Waals surface area (Å²) in [5, 5.41) is 8.76. The van der Waals surface area contributed by atoms with Crippen molar-refractivity contribution in [2.45, 2.75) is 36.8 Å². The normalized spacial score (nSPS) is 24.4. The molecule has 1 saturated heterocycles. The van der Waals surface area contributed by atoms with Crippen molar-refractivity contribution in [1.82, 2.24) is 30.0 Å². The maximum absolute atomic E-state index is 13.0. The van der Waals surface area contributed by atoms with Gasteiger partial charge in [-0.2, -0.15) is 9.78 Å². The highest BCUT2D eigenvalue weighted by atomic mass is 16.2. The van der Waals surface area contributed by atoms with Crippen LogP contribution in [0.25, 0.3) is 16.9 Å². The highest BCUT2D eigenvalue weighted by Crippen LogP contribution is 2.46. The summed E-state index contributed by atoms with van der Waals surface area (Å²) in [7, 11) is 4.32. The minimum atomic E-state index is -0.234. The van der Waals surface area contributed by atoms with E-state index in [1.54, 1.807) is 28.2 Å². The van der Waals surface area contributed by atoms with Crippen molar-refractivity contribution in [3.05, 3.63) is 78.8 Å². The lowest BCUT2D eigenvalue weighted by Gasteiger charge is -2.48. The van der Waals surface area contributed by atoms with Gasteiger partial charge in [0.05, 0.1) is 41.9 Å². The van der Waals surface area contributed by atoms with Crippen molar-refractivity contribution in [3.8, 4) is 5.95 Å². The minimum absolute atomic E-state index is 0.0119. The van der Waals surface area contributed by atoms with Gasteiger partial charge in [0.1, 0.15) is 0 Å². The summed E-state index contributed by atoms with van der Waals surface area (Å²) in [6.45, 7) is 0.623. The van der Waals surface area contributed by atoms with Crippen LogP contribution < -0.4 is 10.2 Å². The molecule has 0 unspecified atom stereocenters. The monoisotopic (exact) mass is 467 g/mol. The standard InChI is InChI=1S/C27H29N7O/c1-32(2)27(21-9-4-3-5-10-21)14-12-26(13-15-27)19-33(25(35)31-26)22-17-28-24(29-18-22)34-23-11-7-6-8-20(23)16-30-34/h3-11,16-18H,12-15,19H2,1-2H3,(H,31,35)/t26-,27-. The number of amides is 2. The summed E-state index contributed by atoms with van der Waals surface area (Å²) < 4.78 is 1.72. The molecule has 1 aliphatic heterocycles. The van der Waals surface area contributed by atoms with Crippen molar-refractivity contribution in [1.29, 1.82) is 0 Å². The molecule has 0 radical (unpaired) electrons. The molecule has 0 atom stereocenters. The van der Waals surface area contributed by atoms with E-state index in [1.807, 2.05) is 24.3 Å². The Morgan fingerprint density at radius 2 is 1.57 bits per heavy atom.